The average molecular weight is 550 g/mol. The van der Waals surface area contributed by atoms with E-state index in [1.807, 2.05) is 6.92 Å². The van der Waals surface area contributed by atoms with E-state index in [1.165, 1.54) is 26.0 Å². The number of phenolic OH excluding ortho intramolecular Hbond substituents is 1. The number of phenols is 1. The number of amides is 1. The number of rotatable bonds is 2. The molecule has 9 heteroatoms. The zero-order chi connectivity index (χ0) is 29.5. The van der Waals surface area contributed by atoms with Gasteiger partial charge in [0.15, 0.2) is 11.6 Å². The van der Waals surface area contributed by atoms with Gasteiger partial charge in [-0.2, -0.15) is 0 Å². The average Bonchev–Trinajstić information content (AvgIpc) is 3.03. The number of esters is 1. The molecule has 0 saturated carbocycles. The highest BCUT2D eigenvalue weighted by atomic mass is 16.6. The lowest BCUT2D eigenvalue weighted by molar-refractivity contribution is -0.159. The van der Waals surface area contributed by atoms with Crippen molar-refractivity contribution in [3.05, 3.63) is 63.4 Å². The minimum Gasteiger partial charge on any atom is -0.507 e. The third-order valence-electron chi connectivity index (χ3n) is 7.99. The number of hydrogen-bond acceptors (Lipinski definition) is 8. The Morgan fingerprint density at radius 2 is 1.80 bits per heavy atom. The summed E-state index contributed by atoms with van der Waals surface area (Å²) in [5.74, 6) is -4.03. The highest BCUT2D eigenvalue weighted by Gasteiger charge is 2.51. The molecule has 2 bridgehead atoms. The lowest BCUT2D eigenvalue weighted by Crippen LogP contribution is -2.43. The number of nitrogens with one attached hydrogen (secondary N) is 1. The Morgan fingerprint density at radius 3 is 2.45 bits per heavy atom. The van der Waals surface area contributed by atoms with Gasteiger partial charge in [-0.25, -0.2) is 0 Å². The summed E-state index contributed by atoms with van der Waals surface area (Å²) in [6, 6.07) is 1.32. The first-order valence-corrected chi connectivity index (χ1v) is 13.6. The molecule has 3 aliphatic rings. The fraction of sp³-hybridized carbons (Fsp3) is 0.452. The van der Waals surface area contributed by atoms with Crippen LogP contribution in [0.2, 0.25) is 0 Å². The molecule has 1 aromatic rings. The number of allylic oxidation sites excluding steroid dienone is 3. The van der Waals surface area contributed by atoms with Crippen molar-refractivity contribution < 1.29 is 38.9 Å². The number of aromatic hydroxyl groups is 1. The molecule has 1 aliphatic carbocycles. The third-order valence-corrected chi connectivity index (χ3v) is 7.99. The number of cyclic esters (lactones) is 1. The number of aryl methyl sites for hydroxylation is 1. The van der Waals surface area contributed by atoms with Gasteiger partial charge in [-0.15, -0.1) is 0 Å². The van der Waals surface area contributed by atoms with E-state index >= 15 is 0 Å². The molecule has 4 rings (SSSR count). The first-order valence-electron chi connectivity index (χ1n) is 13.6. The Hall–Kier alpha value is -3.85. The molecule has 0 radical (unpaired) electrons. The number of carbonyl (C=O) groups is 5. The topological polar surface area (TPSA) is 147 Å². The van der Waals surface area contributed by atoms with Crippen LogP contribution in [0.5, 0.6) is 5.75 Å². The Labute approximate surface area is 233 Å². The largest absolute Gasteiger partial charge is 0.507 e. The summed E-state index contributed by atoms with van der Waals surface area (Å²) in [7, 11) is 0. The van der Waals surface area contributed by atoms with Crippen molar-refractivity contribution in [1.82, 2.24) is 5.32 Å². The number of Topliss-reactive ketones (excluding diaryl/α,β-unsaturated/α-hetero) is 3. The van der Waals surface area contributed by atoms with Crippen LogP contribution in [0.4, 0.5) is 0 Å². The molecule has 2 aliphatic heterocycles. The molecule has 4 atom stereocenters. The summed E-state index contributed by atoms with van der Waals surface area (Å²) in [4.78, 5) is 68.2. The number of aliphatic hydroxyl groups excluding tert-OH is 1. The highest BCUT2D eigenvalue weighted by molar-refractivity contribution is 6.32. The molecule has 9 nitrogen and oxygen atoms in total. The van der Waals surface area contributed by atoms with Crippen LogP contribution >= 0.6 is 0 Å². The van der Waals surface area contributed by atoms with E-state index in [9.17, 15) is 34.2 Å². The number of ether oxygens (including phenoxy) is 1. The zero-order valence-corrected chi connectivity index (χ0v) is 23.4. The van der Waals surface area contributed by atoms with Gasteiger partial charge in [-0.05, 0) is 70.6 Å². The van der Waals surface area contributed by atoms with Gasteiger partial charge in [0, 0.05) is 29.5 Å². The molecule has 0 fully saturated rings. The van der Waals surface area contributed by atoms with Crippen molar-refractivity contribution in [3.8, 4) is 5.75 Å². The van der Waals surface area contributed by atoms with Crippen LogP contribution in [-0.2, 0) is 14.3 Å². The van der Waals surface area contributed by atoms with Crippen molar-refractivity contribution in [2.45, 2.75) is 78.9 Å². The minimum absolute atomic E-state index is 0.0311. The van der Waals surface area contributed by atoms with Crippen LogP contribution in [0.3, 0.4) is 0 Å². The second-order valence-electron chi connectivity index (χ2n) is 11.2. The van der Waals surface area contributed by atoms with Gasteiger partial charge in [-0.1, -0.05) is 24.6 Å². The molecule has 0 spiro atoms. The smallest absolute Gasteiger partial charge is 0.317 e. The van der Waals surface area contributed by atoms with Crippen molar-refractivity contribution >= 4 is 29.2 Å². The SMILES string of the molecule is CC[C@H]1/C=C/[C@H](O)[C@H](C=C(C)C)OC(=O)[C@@]2(C)CCC(=O)NC3=C2C(=O)c2c(cc(C)c(O)c2C(=O)CC1)C3=O. The molecule has 0 unspecified atom stereocenters. The molecule has 2 heterocycles. The Kier molecular flexibility index (Phi) is 7.99. The van der Waals surface area contributed by atoms with Crippen LogP contribution in [-0.4, -0.2) is 51.6 Å². The molecule has 212 valence electrons. The van der Waals surface area contributed by atoms with Gasteiger partial charge in [0.25, 0.3) is 0 Å². The van der Waals surface area contributed by atoms with Crippen LogP contribution in [0, 0.1) is 18.3 Å². The standard InChI is InChI=1S/C31H35NO8/c1-6-17-7-9-19(33)21(13-15(2)3)40-30(39)31(5)12-11-22(35)32-26-25(31)29(38)23-18(28(26)37)14-16(4)27(36)24(23)20(34)10-8-17/h7,9,13-14,17,19,21,33,36H,6,8,10-12H2,1-5H3,(H,32,35)/b9-7+/t17-,19-,21-,31-/m0/s1. The second kappa shape index (κ2) is 11.0. The summed E-state index contributed by atoms with van der Waals surface area (Å²) >= 11 is 0. The van der Waals surface area contributed by atoms with Crippen molar-refractivity contribution in [2.24, 2.45) is 11.3 Å². The van der Waals surface area contributed by atoms with E-state index in [4.69, 9.17) is 4.74 Å². The monoisotopic (exact) mass is 549 g/mol. The number of aliphatic hydroxyl groups is 1. The number of hydrogen-bond donors (Lipinski definition) is 3. The van der Waals surface area contributed by atoms with Gasteiger partial charge in [-0.3, -0.25) is 24.0 Å². The van der Waals surface area contributed by atoms with Gasteiger partial charge >= 0.3 is 5.97 Å². The first-order chi connectivity index (χ1) is 18.8. The predicted octanol–water partition coefficient (Wildman–Crippen LogP) is 4.05. The molecule has 40 heavy (non-hydrogen) atoms. The number of ketones is 3. The van der Waals surface area contributed by atoms with Crippen LogP contribution in [0.15, 0.2) is 41.1 Å². The van der Waals surface area contributed by atoms with Gasteiger partial charge in [0.2, 0.25) is 11.7 Å². The maximum atomic E-state index is 14.3. The third kappa shape index (κ3) is 5.06. The number of carbonyl (C=O) groups excluding carboxylic acids is 5. The maximum Gasteiger partial charge on any atom is 0.317 e. The molecular formula is C31H35NO8. The fourth-order valence-corrected chi connectivity index (χ4v) is 5.56. The quantitative estimate of drug-likeness (QED) is 0.370. The van der Waals surface area contributed by atoms with E-state index in [0.29, 0.717) is 12.8 Å². The zero-order valence-electron chi connectivity index (χ0n) is 23.4. The van der Waals surface area contributed by atoms with E-state index in [0.717, 1.165) is 5.57 Å². The Balaban J connectivity index is 2.02. The van der Waals surface area contributed by atoms with E-state index < -0.39 is 52.6 Å². The molecular weight excluding hydrogens is 514 g/mol. The fourth-order valence-electron chi connectivity index (χ4n) is 5.56. The van der Waals surface area contributed by atoms with Crippen molar-refractivity contribution in [2.75, 3.05) is 0 Å². The van der Waals surface area contributed by atoms with Gasteiger partial charge in [0.1, 0.15) is 18.0 Å². The first kappa shape index (κ1) is 29.1. The summed E-state index contributed by atoms with van der Waals surface area (Å²) in [6.07, 6.45) is 3.20. The van der Waals surface area contributed by atoms with Crippen molar-refractivity contribution in [1.29, 1.82) is 0 Å². The lowest BCUT2D eigenvalue weighted by Gasteiger charge is -2.33. The highest BCUT2D eigenvalue weighted by Crippen LogP contribution is 2.45. The van der Waals surface area contributed by atoms with Crippen LogP contribution < -0.4 is 5.32 Å². The van der Waals surface area contributed by atoms with E-state index in [1.54, 1.807) is 26.0 Å². The lowest BCUT2D eigenvalue weighted by atomic mass is 9.69. The number of benzene rings is 1. The van der Waals surface area contributed by atoms with E-state index in [2.05, 4.69) is 5.32 Å². The molecule has 0 saturated heterocycles. The Morgan fingerprint density at radius 1 is 1.10 bits per heavy atom. The molecule has 1 aromatic carbocycles. The summed E-state index contributed by atoms with van der Waals surface area (Å²) in [6.45, 7) is 8.44. The van der Waals surface area contributed by atoms with Crippen LogP contribution in [0.25, 0.3) is 0 Å². The molecule has 3 N–H and O–H groups in total. The molecule has 1 amide bonds. The van der Waals surface area contributed by atoms with Crippen molar-refractivity contribution in [3.63, 3.8) is 0 Å². The minimum atomic E-state index is -1.77. The van der Waals surface area contributed by atoms with Gasteiger partial charge in [0.05, 0.1) is 16.7 Å². The normalized spacial score (nSPS) is 28.1. The van der Waals surface area contributed by atoms with E-state index in [-0.39, 0.29) is 58.7 Å². The summed E-state index contributed by atoms with van der Waals surface area (Å²) in [5.41, 5.74) is -2.05. The second-order valence-corrected chi connectivity index (χ2v) is 11.2. The molecule has 0 aromatic heterocycles. The summed E-state index contributed by atoms with van der Waals surface area (Å²) in [5, 5.41) is 24.5. The van der Waals surface area contributed by atoms with Gasteiger partial charge < -0.3 is 20.3 Å². The maximum absolute atomic E-state index is 14.3. The Bertz CT molecular complexity index is 1410. The van der Waals surface area contributed by atoms with Crippen LogP contribution in [0.1, 0.15) is 96.4 Å². The summed E-state index contributed by atoms with van der Waals surface area (Å²) < 4.78 is 5.82. The predicted molar refractivity (Wildman–Crippen MR) is 146 cm³/mol.